The molecule has 2 aromatic rings. The fourth-order valence-corrected chi connectivity index (χ4v) is 5.86. The van der Waals surface area contributed by atoms with E-state index < -0.39 is 28.5 Å². The molecule has 1 fully saturated rings. The number of benzene rings is 2. The van der Waals surface area contributed by atoms with E-state index in [4.69, 9.17) is 27.9 Å². The van der Waals surface area contributed by atoms with Crippen LogP contribution in [0.15, 0.2) is 42.5 Å². The molecule has 0 saturated heterocycles. The molecule has 0 bridgehead atoms. The minimum absolute atomic E-state index is 0.0839. The van der Waals surface area contributed by atoms with Gasteiger partial charge in [0.05, 0.1) is 19.1 Å². The Morgan fingerprint density at radius 2 is 1.68 bits per heavy atom. The van der Waals surface area contributed by atoms with Gasteiger partial charge in [-0.2, -0.15) is 0 Å². The lowest BCUT2D eigenvalue weighted by molar-refractivity contribution is -0.140. The molecule has 11 heteroatoms. The number of sulfonamides is 1. The van der Waals surface area contributed by atoms with Crippen molar-refractivity contribution in [3.05, 3.63) is 58.1 Å². The lowest BCUT2D eigenvalue weighted by Crippen LogP contribution is -2.53. The van der Waals surface area contributed by atoms with E-state index in [1.54, 1.807) is 19.2 Å². The van der Waals surface area contributed by atoms with Crippen LogP contribution in [0.1, 0.15) is 44.6 Å². The molecule has 3 rings (SSSR count). The van der Waals surface area contributed by atoms with Gasteiger partial charge in [-0.25, -0.2) is 8.42 Å². The standard InChI is InChI=1S/C26H33Cl2N3O5S/c1-4-24(26(33)29-21-7-5-6-8-21)30(16-18-9-11-23(36-2)12-10-18)25(32)17-31(37(3,34)35)22-14-19(27)13-20(28)15-22/h9-15,21,24H,4-8,16-17H2,1-3H3,(H,29,33)/t24-/m0/s1. The van der Waals surface area contributed by atoms with Gasteiger partial charge >= 0.3 is 0 Å². The van der Waals surface area contributed by atoms with Crippen LogP contribution in [0.2, 0.25) is 10.0 Å². The van der Waals surface area contributed by atoms with Gasteiger partial charge < -0.3 is 15.0 Å². The zero-order chi connectivity index (χ0) is 27.2. The van der Waals surface area contributed by atoms with Crippen LogP contribution < -0.4 is 14.4 Å². The van der Waals surface area contributed by atoms with Gasteiger partial charge in [-0.3, -0.25) is 13.9 Å². The van der Waals surface area contributed by atoms with E-state index in [0.29, 0.717) is 12.2 Å². The third-order valence-corrected chi connectivity index (χ3v) is 7.99. The second-order valence-electron chi connectivity index (χ2n) is 9.18. The molecule has 0 aromatic heterocycles. The van der Waals surface area contributed by atoms with Gasteiger partial charge in [-0.05, 0) is 55.2 Å². The van der Waals surface area contributed by atoms with Crippen LogP contribution in [0.5, 0.6) is 5.75 Å². The van der Waals surface area contributed by atoms with Gasteiger partial charge in [0.2, 0.25) is 21.8 Å². The summed E-state index contributed by atoms with van der Waals surface area (Å²) < 4.78 is 31.6. The number of nitrogens with one attached hydrogen (secondary N) is 1. The average Bonchev–Trinajstić information content (AvgIpc) is 3.34. The van der Waals surface area contributed by atoms with Crippen molar-refractivity contribution in [3.63, 3.8) is 0 Å². The molecule has 0 unspecified atom stereocenters. The molecule has 1 aliphatic carbocycles. The minimum Gasteiger partial charge on any atom is -0.497 e. The molecule has 1 saturated carbocycles. The zero-order valence-electron chi connectivity index (χ0n) is 21.2. The van der Waals surface area contributed by atoms with Crippen molar-refractivity contribution >= 4 is 50.7 Å². The predicted octanol–water partition coefficient (Wildman–Crippen LogP) is 4.63. The lowest BCUT2D eigenvalue weighted by Gasteiger charge is -2.33. The molecule has 2 aromatic carbocycles. The third-order valence-electron chi connectivity index (χ3n) is 6.41. The average molecular weight is 571 g/mol. The monoisotopic (exact) mass is 569 g/mol. The molecule has 1 aliphatic rings. The predicted molar refractivity (Wildman–Crippen MR) is 147 cm³/mol. The first-order valence-electron chi connectivity index (χ1n) is 12.2. The van der Waals surface area contributed by atoms with Crippen molar-refractivity contribution in [1.29, 1.82) is 0 Å². The van der Waals surface area contributed by atoms with Gasteiger partial charge in [0.25, 0.3) is 0 Å². The maximum absolute atomic E-state index is 13.8. The summed E-state index contributed by atoms with van der Waals surface area (Å²) in [5.41, 5.74) is 0.944. The van der Waals surface area contributed by atoms with Crippen LogP contribution in [0.4, 0.5) is 5.69 Å². The third kappa shape index (κ3) is 7.99. The summed E-state index contributed by atoms with van der Waals surface area (Å²) in [4.78, 5) is 28.5. The Morgan fingerprint density at radius 1 is 1.08 bits per heavy atom. The number of hydrogen-bond acceptors (Lipinski definition) is 5. The van der Waals surface area contributed by atoms with E-state index in [0.717, 1.165) is 41.8 Å². The van der Waals surface area contributed by atoms with E-state index in [9.17, 15) is 18.0 Å². The molecule has 37 heavy (non-hydrogen) atoms. The first-order valence-corrected chi connectivity index (χ1v) is 14.8. The van der Waals surface area contributed by atoms with Crippen LogP contribution >= 0.6 is 23.2 Å². The highest BCUT2D eigenvalue weighted by atomic mass is 35.5. The number of halogens is 2. The van der Waals surface area contributed by atoms with Crippen LogP contribution in [-0.4, -0.2) is 57.1 Å². The Kier molecular flexibility index (Phi) is 10.1. The molecular formula is C26H33Cl2N3O5S. The lowest BCUT2D eigenvalue weighted by atomic mass is 10.1. The summed E-state index contributed by atoms with van der Waals surface area (Å²) in [6, 6.07) is 10.8. The summed E-state index contributed by atoms with van der Waals surface area (Å²) in [5, 5.41) is 3.55. The van der Waals surface area contributed by atoms with Gasteiger partial charge in [0, 0.05) is 22.6 Å². The summed E-state index contributed by atoms with van der Waals surface area (Å²) in [6.07, 6.45) is 5.30. The van der Waals surface area contributed by atoms with Crippen LogP contribution in [0.25, 0.3) is 0 Å². The number of anilines is 1. The summed E-state index contributed by atoms with van der Waals surface area (Å²) in [6.45, 7) is 1.43. The number of amides is 2. The van der Waals surface area contributed by atoms with Gasteiger partial charge in [-0.15, -0.1) is 0 Å². The number of carbonyl (C=O) groups is 2. The number of methoxy groups -OCH3 is 1. The Labute approximate surface area is 228 Å². The van der Waals surface area contributed by atoms with Crippen molar-refractivity contribution in [3.8, 4) is 5.75 Å². The highest BCUT2D eigenvalue weighted by Crippen LogP contribution is 2.28. The molecule has 8 nitrogen and oxygen atoms in total. The zero-order valence-corrected chi connectivity index (χ0v) is 23.6. The molecule has 0 heterocycles. The van der Waals surface area contributed by atoms with Crippen molar-refractivity contribution in [2.24, 2.45) is 0 Å². The second-order valence-corrected chi connectivity index (χ2v) is 12.0. The topological polar surface area (TPSA) is 96.0 Å². The number of nitrogens with zero attached hydrogens (tertiary/aromatic N) is 2. The molecule has 1 atom stereocenters. The van der Waals surface area contributed by atoms with Crippen molar-refractivity contribution in [2.75, 3.05) is 24.2 Å². The molecule has 0 radical (unpaired) electrons. The molecule has 1 N–H and O–H groups in total. The molecule has 202 valence electrons. The highest BCUT2D eigenvalue weighted by molar-refractivity contribution is 7.92. The number of hydrogen-bond donors (Lipinski definition) is 1. The molecule has 0 spiro atoms. The maximum Gasteiger partial charge on any atom is 0.244 e. The van der Waals surface area contributed by atoms with Crippen LogP contribution in [0, 0.1) is 0 Å². The van der Waals surface area contributed by atoms with Crippen LogP contribution in [0.3, 0.4) is 0 Å². The van der Waals surface area contributed by atoms with Gasteiger partial charge in [0.15, 0.2) is 0 Å². The molecule has 0 aliphatic heterocycles. The summed E-state index contributed by atoms with van der Waals surface area (Å²) in [7, 11) is -2.32. The Balaban J connectivity index is 1.94. The van der Waals surface area contributed by atoms with Crippen molar-refractivity contribution < 1.29 is 22.7 Å². The van der Waals surface area contributed by atoms with Gasteiger partial charge in [0.1, 0.15) is 18.3 Å². The minimum atomic E-state index is -3.88. The Bertz CT molecular complexity index is 1180. The van der Waals surface area contributed by atoms with Crippen molar-refractivity contribution in [2.45, 2.75) is 57.7 Å². The summed E-state index contributed by atoms with van der Waals surface area (Å²) in [5.74, 6) is -0.104. The second kappa shape index (κ2) is 12.8. The Hall–Kier alpha value is -2.49. The fourth-order valence-electron chi connectivity index (χ4n) is 4.51. The van der Waals surface area contributed by atoms with E-state index in [2.05, 4.69) is 5.32 Å². The summed E-state index contributed by atoms with van der Waals surface area (Å²) >= 11 is 12.2. The van der Waals surface area contributed by atoms with E-state index >= 15 is 0 Å². The normalized spacial score (nSPS) is 14.7. The Morgan fingerprint density at radius 3 is 2.19 bits per heavy atom. The number of carbonyl (C=O) groups excluding carboxylic acids is 2. The van der Waals surface area contributed by atoms with E-state index in [1.807, 2.05) is 19.1 Å². The SMILES string of the molecule is CC[C@@H](C(=O)NC1CCCC1)N(Cc1ccc(OC)cc1)C(=O)CN(c1cc(Cl)cc(Cl)c1)S(C)(=O)=O. The fraction of sp³-hybridized carbons (Fsp3) is 0.462. The highest BCUT2D eigenvalue weighted by Gasteiger charge is 2.33. The first kappa shape index (κ1) is 29.1. The first-order chi connectivity index (χ1) is 17.5. The van der Waals surface area contributed by atoms with E-state index in [-0.39, 0.29) is 34.2 Å². The number of rotatable bonds is 11. The smallest absolute Gasteiger partial charge is 0.244 e. The number of ether oxygens (including phenoxy) is 1. The largest absolute Gasteiger partial charge is 0.497 e. The van der Waals surface area contributed by atoms with E-state index in [1.165, 1.54) is 23.1 Å². The molecular weight excluding hydrogens is 537 g/mol. The van der Waals surface area contributed by atoms with Gasteiger partial charge in [-0.1, -0.05) is 55.1 Å². The quantitative estimate of drug-likeness (QED) is 0.425. The maximum atomic E-state index is 13.8. The molecule has 2 amide bonds. The van der Waals surface area contributed by atoms with Crippen molar-refractivity contribution in [1.82, 2.24) is 10.2 Å². The van der Waals surface area contributed by atoms with Crippen LogP contribution in [-0.2, 0) is 26.2 Å².